The normalized spacial score (nSPS) is 13.7. The van der Waals surface area contributed by atoms with Crippen LogP contribution in [0.3, 0.4) is 0 Å². The SMILES string of the molecule is COc1ccc(NC(=O)N2CCN(c3nnc(Cc4ccccc4)c4ccccc34)CC2)cc1. The maximum Gasteiger partial charge on any atom is 0.321 e. The maximum absolute atomic E-state index is 12.7. The first-order chi connectivity index (χ1) is 16.7. The molecule has 0 bridgehead atoms. The van der Waals surface area contributed by atoms with Crippen molar-refractivity contribution in [1.82, 2.24) is 15.1 Å². The van der Waals surface area contributed by atoms with Crippen LogP contribution in [-0.2, 0) is 6.42 Å². The number of urea groups is 1. The Hall–Kier alpha value is -4.13. The van der Waals surface area contributed by atoms with Gasteiger partial charge in [0.25, 0.3) is 0 Å². The molecule has 34 heavy (non-hydrogen) atoms. The molecule has 1 N–H and O–H groups in total. The van der Waals surface area contributed by atoms with E-state index in [1.165, 1.54) is 5.56 Å². The summed E-state index contributed by atoms with van der Waals surface area (Å²) in [6, 6.07) is 25.9. The Kier molecular flexibility index (Phi) is 6.25. The highest BCUT2D eigenvalue weighted by molar-refractivity contribution is 5.94. The van der Waals surface area contributed by atoms with E-state index in [1.54, 1.807) is 7.11 Å². The van der Waals surface area contributed by atoms with Crippen LogP contribution in [0.25, 0.3) is 10.8 Å². The molecular weight excluding hydrogens is 426 g/mol. The zero-order valence-corrected chi connectivity index (χ0v) is 19.1. The first kappa shape index (κ1) is 21.7. The van der Waals surface area contributed by atoms with Gasteiger partial charge in [0.1, 0.15) is 5.75 Å². The third kappa shape index (κ3) is 4.64. The number of carbonyl (C=O) groups is 1. The van der Waals surface area contributed by atoms with E-state index in [9.17, 15) is 4.79 Å². The number of hydrogen-bond donors (Lipinski definition) is 1. The largest absolute Gasteiger partial charge is 0.497 e. The average Bonchev–Trinajstić information content (AvgIpc) is 2.90. The van der Waals surface area contributed by atoms with E-state index < -0.39 is 0 Å². The Morgan fingerprint density at radius 1 is 0.853 bits per heavy atom. The molecule has 3 aromatic carbocycles. The lowest BCUT2D eigenvalue weighted by molar-refractivity contribution is 0.208. The summed E-state index contributed by atoms with van der Waals surface area (Å²) in [5.41, 5.74) is 2.94. The third-order valence-electron chi connectivity index (χ3n) is 6.17. The molecule has 1 saturated heterocycles. The summed E-state index contributed by atoms with van der Waals surface area (Å²) in [5.74, 6) is 1.64. The minimum Gasteiger partial charge on any atom is -0.497 e. The number of aromatic nitrogens is 2. The second kappa shape index (κ2) is 9.79. The van der Waals surface area contributed by atoms with Gasteiger partial charge in [-0.15, -0.1) is 5.10 Å². The number of nitrogens with zero attached hydrogens (tertiary/aromatic N) is 4. The molecule has 0 saturated carbocycles. The number of amides is 2. The van der Waals surface area contributed by atoms with E-state index in [1.807, 2.05) is 59.5 Å². The molecule has 172 valence electrons. The quantitative estimate of drug-likeness (QED) is 0.479. The Bertz CT molecular complexity index is 1270. The van der Waals surface area contributed by atoms with Crippen LogP contribution in [-0.4, -0.2) is 54.4 Å². The summed E-state index contributed by atoms with van der Waals surface area (Å²) in [4.78, 5) is 16.8. The number of piperazine rings is 1. The average molecular weight is 454 g/mol. The van der Waals surface area contributed by atoms with Crippen LogP contribution < -0.4 is 15.0 Å². The molecule has 7 heteroatoms. The van der Waals surface area contributed by atoms with Gasteiger partial charge in [-0.05, 0) is 29.8 Å². The van der Waals surface area contributed by atoms with Crippen molar-refractivity contribution in [2.75, 3.05) is 43.5 Å². The number of carbonyl (C=O) groups excluding carboxylic acids is 1. The van der Waals surface area contributed by atoms with Crippen molar-refractivity contribution in [2.24, 2.45) is 0 Å². The number of rotatable bonds is 5. The van der Waals surface area contributed by atoms with E-state index in [0.29, 0.717) is 26.2 Å². The second-order valence-corrected chi connectivity index (χ2v) is 8.31. The molecule has 1 aromatic heterocycles. The fourth-order valence-corrected chi connectivity index (χ4v) is 4.30. The van der Waals surface area contributed by atoms with E-state index in [0.717, 1.165) is 40.1 Å². The molecule has 0 radical (unpaired) electrons. The highest BCUT2D eigenvalue weighted by Crippen LogP contribution is 2.28. The molecule has 4 aromatic rings. The first-order valence-corrected chi connectivity index (χ1v) is 11.4. The monoisotopic (exact) mass is 453 g/mol. The summed E-state index contributed by atoms with van der Waals surface area (Å²) in [5, 5.41) is 14.4. The molecule has 7 nitrogen and oxygen atoms in total. The Labute approximate surface area is 199 Å². The molecular formula is C27H27N5O2. The predicted octanol–water partition coefficient (Wildman–Crippen LogP) is 4.58. The van der Waals surface area contributed by atoms with Crippen molar-refractivity contribution in [3.8, 4) is 5.75 Å². The lowest BCUT2D eigenvalue weighted by atomic mass is 10.0. The summed E-state index contributed by atoms with van der Waals surface area (Å²) < 4.78 is 5.17. The van der Waals surface area contributed by atoms with E-state index in [2.05, 4.69) is 44.7 Å². The molecule has 2 amide bonds. The lowest BCUT2D eigenvalue weighted by Crippen LogP contribution is -2.50. The van der Waals surface area contributed by atoms with Crippen molar-refractivity contribution in [1.29, 1.82) is 0 Å². The van der Waals surface area contributed by atoms with E-state index in [4.69, 9.17) is 4.74 Å². The zero-order valence-electron chi connectivity index (χ0n) is 19.1. The van der Waals surface area contributed by atoms with Gasteiger partial charge in [0, 0.05) is 49.1 Å². The van der Waals surface area contributed by atoms with Crippen molar-refractivity contribution in [2.45, 2.75) is 6.42 Å². The number of nitrogens with one attached hydrogen (secondary N) is 1. The second-order valence-electron chi connectivity index (χ2n) is 8.31. The van der Waals surface area contributed by atoms with Crippen LogP contribution in [0, 0.1) is 0 Å². The standard InChI is InChI=1S/C27H27N5O2/c1-34-22-13-11-21(12-14-22)28-27(33)32-17-15-31(16-18-32)26-24-10-6-5-9-23(24)25(29-30-26)19-20-7-3-2-4-8-20/h2-14H,15-19H2,1H3,(H,28,33). The molecule has 0 spiro atoms. The Morgan fingerprint density at radius 2 is 1.53 bits per heavy atom. The van der Waals surface area contributed by atoms with Crippen LogP contribution in [0.5, 0.6) is 5.75 Å². The first-order valence-electron chi connectivity index (χ1n) is 11.4. The van der Waals surface area contributed by atoms with Crippen LogP contribution in [0.4, 0.5) is 16.3 Å². The van der Waals surface area contributed by atoms with Crippen LogP contribution in [0.1, 0.15) is 11.3 Å². The minimum absolute atomic E-state index is 0.0982. The van der Waals surface area contributed by atoms with E-state index in [-0.39, 0.29) is 6.03 Å². The minimum atomic E-state index is -0.0982. The Morgan fingerprint density at radius 3 is 2.24 bits per heavy atom. The highest BCUT2D eigenvalue weighted by Gasteiger charge is 2.24. The number of anilines is 2. The van der Waals surface area contributed by atoms with Gasteiger partial charge in [-0.3, -0.25) is 0 Å². The predicted molar refractivity (Wildman–Crippen MR) is 135 cm³/mol. The summed E-state index contributed by atoms with van der Waals surface area (Å²) in [7, 11) is 1.62. The zero-order chi connectivity index (χ0) is 23.3. The molecule has 1 aliphatic heterocycles. The van der Waals surface area contributed by atoms with Gasteiger partial charge < -0.3 is 19.9 Å². The number of methoxy groups -OCH3 is 1. The maximum atomic E-state index is 12.7. The molecule has 1 aliphatic rings. The highest BCUT2D eigenvalue weighted by atomic mass is 16.5. The lowest BCUT2D eigenvalue weighted by Gasteiger charge is -2.35. The van der Waals surface area contributed by atoms with Gasteiger partial charge in [-0.2, -0.15) is 5.10 Å². The van der Waals surface area contributed by atoms with Crippen molar-refractivity contribution < 1.29 is 9.53 Å². The summed E-state index contributed by atoms with van der Waals surface area (Å²) >= 11 is 0. The number of hydrogen-bond acceptors (Lipinski definition) is 5. The fourth-order valence-electron chi connectivity index (χ4n) is 4.30. The van der Waals surface area contributed by atoms with Crippen molar-refractivity contribution in [3.05, 3.63) is 90.1 Å². The van der Waals surface area contributed by atoms with Crippen molar-refractivity contribution >= 4 is 28.3 Å². The van der Waals surface area contributed by atoms with E-state index >= 15 is 0 Å². The van der Waals surface area contributed by atoms with Crippen LogP contribution in [0.2, 0.25) is 0 Å². The number of benzene rings is 3. The number of ether oxygens (including phenoxy) is 1. The molecule has 0 atom stereocenters. The topological polar surface area (TPSA) is 70.6 Å². The van der Waals surface area contributed by atoms with Gasteiger partial charge in [0.05, 0.1) is 12.8 Å². The van der Waals surface area contributed by atoms with Gasteiger partial charge >= 0.3 is 6.03 Å². The van der Waals surface area contributed by atoms with Gasteiger partial charge in [0.15, 0.2) is 5.82 Å². The van der Waals surface area contributed by atoms with Gasteiger partial charge in [0.2, 0.25) is 0 Å². The Balaban J connectivity index is 1.28. The summed E-state index contributed by atoms with van der Waals surface area (Å²) in [6.45, 7) is 2.63. The van der Waals surface area contributed by atoms with Crippen LogP contribution >= 0.6 is 0 Å². The van der Waals surface area contributed by atoms with Crippen LogP contribution in [0.15, 0.2) is 78.9 Å². The molecule has 5 rings (SSSR count). The molecule has 0 aliphatic carbocycles. The van der Waals surface area contributed by atoms with Gasteiger partial charge in [-0.1, -0.05) is 54.6 Å². The molecule has 0 unspecified atom stereocenters. The smallest absolute Gasteiger partial charge is 0.321 e. The van der Waals surface area contributed by atoms with Crippen molar-refractivity contribution in [3.63, 3.8) is 0 Å². The third-order valence-corrected chi connectivity index (χ3v) is 6.17. The molecule has 1 fully saturated rings. The number of fused-ring (bicyclic) bond motifs is 1. The van der Waals surface area contributed by atoms with Gasteiger partial charge in [-0.25, -0.2) is 4.79 Å². The fraction of sp³-hybridized carbons (Fsp3) is 0.222. The summed E-state index contributed by atoms with van der Waals surface area (Å²) in [6.07, 6.45) is 0.744. The molecule has 2 heterocycles.